The molecule has 0 aromatic heterocycles. The predicted octanol–water partition coefficient (Wildman–Crippen LogP) is 1.23. The van der Waals surface area contributed by atoms with E-state index < -0.39 is 0 Å². The second-order valence-corrected chi connectivity index (χ2v) is 1.07. The summed E-state index contributed by atoms with van der Waals surface area (Å²) >= 11 is 0. The van der Waals surface area contributed by atoms with Crippen molar-refractivity contribution in [2.24, 2.45) is 0 Å². The van der Waals surface area contributed by atoms with Gasteiger partial charge in [0.25, 0.3) is 0 Å². The lowest BCUT2D eigenvalue weighted by atomic mass is 10.5. The van der Waals surface area contributed by atoms with E-state index in [9.17, 15) is 0 Å². The lowest BCUT2D eigenvalue weighted by Gasteiger charge is -1.35. The minimum absolute atomic E-state index is 2.12. The molecule has 0 spiro atoms. The summed E-state index contributed by atoms with van der Waals surface area (Å²) in [6, 6.07) is 0. The first-order valence-electron chi connectivity index (χ1n) is 2.39. The summed E-state index contributed by atoms with van der Waals surface area (Å²) < 4.78 is 0. The summed E-state index contributed by atoms with van der Waals surface area (Å²) in [4.78, 5) is 0. The van der Waals surface area contributed by atoms with E-state index in [1.54, 1.807) is 0 Å². The lowest BCUT2D eigenvalue weighted by molar-refractivity contribution is 2.06. The van der Waals surface area contributed by atoms with Crippen molar-refractivity contribution < 1.29 is 0 Å². The topological polar surface area (TPSA) is 0 Å². The summed E-state index contributed by atoms with van der Waals surface area (Å²) in [5.74, 6) is 6.84. The van der Waals surface area contributed by atoms with Crippen LogP contribution in [0.15, 0.2) is 29.5 Å². The number of hydrogen-bond donors (Lipinski definition) is 0. The molecule has 0 aromatic carbocycles. The normalized spacial score (nSPS) is 3.50. The average Bonchev–Trinajstić information content (AvgIpc) is 1.97. The number of allylic oxidation sites excluding steroid dienone is 1. The first-order valence-corrected chi connectivity index (χ1v) is 2.39. The Bertz CT molecular complexity index is 341. The van der Waals surface area contributed by atoms with E-state index in [4.69, 9.17) is 6.42 Å². The highest BCUT2D eigenvalue weighted by atomic mass is 13.5. The summed E-state index contributed by atoms with van der Waals surface area (Å²) in [5, 5.41) is 0. The molecule has 0 saturated heterocycles. The fourth-order valence-electron chi connectivity index (χ4n) is 0.205. The second-order valence-electron chi connectivity index (χ2n) is 1.07. The van der Waals surface area contributed by atoms with Gasteiger partial charge in [-0.1, -0.05) is 12.2 Å². The van der Waals surface area contributed by atoms with Crippen LogP contribution in [0.2, 0.25) is 0 Å². The molecule has 0 heteroatoms. The Morgan fingerprint density at radius 2 is 2.10 bits per heavy atom. The minimum Gasteiger partial charge on any atom is -0.0900 e. The van der Waals surface area contributed by atoms with Crippen LogP contribution in [0.1, 0.15) is 0 Å². The molecule has 0 aliphatic rings. The van der Waals surface area contributed by atoms with Gasteiger partial charge in [0.1, 0.15) is 0 Å². The molecule has 0 rings (SSSR count). The summed E-state index contributed by atoms with van der Waals surface area (Å²) in [6.45, 7) is 3.26. The maximum absolute atomic E-state index is 4.82. The third-order valence-electron chi connectivity index (χ3n) is 0.473. The van der Waals surface area contributed by atoms with Crippen molar-refractivity contribution >= 4 is 0 Å². The third-order valence-corrected chi connectivity index (χ3v) is 0.473. The van der Waals surface area contributed by atoms with Crippen molar-refractivity contribution in [3.8, 4) is 24.2 Å². The van der Waals surface area contributed by atoms with Gasteiger partial charge in [0.2, 0.25) is 0 Å². The quantitative estimate of drug-likeness (QED) is 0.258. The smallest absolute Gasteiger partial charge is 0.0900 e. The van der Waals surface area contributed by atoms with E-state index in [0.717, 1.165) is 0 Å². The van der Waals surface area contributed by atoms with Crippen LogP contribution in [-0.2, 0) is 0 Å². The van der Waals surface area contributed by atoms with Gasteiger partial charge < -0.3 is 0 Å². The maximum atomic E-state index is 4.82. The Morgan fingerprint density at radius 3 is 2.70 bits per heavy atom. The molecule has 0 heterocycles. The molecule has 0 amide bonds. The van der Waals surface area contributed by atoms with E-state index in [0.29, 0.717) is 0 Å². The van der Waals surface area contributed by atoms with E-state index >= 15 is 0 Å². The first kappa shape index (κ1) is 7.89. The monoisotopic (exact) mass is 123 g/mol. The Morgan fingerprint density at radius 1 is 1.30 bits per heavy atom. The molecule has 0 aliphatic carbocycles. The highest BCUT2D eigenvalue weighted by Gasteiger charge is 1.64. The third kappa shape index (κ3) is 5.89. The zero-order valence-electron chi connectivity index (χ0n) is 5.28. The van der Waals surface area contributed by atoms with Crippen LogP contribution < -0.4 is 0 Å². The molecule has 0 unspecified atom stereocenters. The zero-order chi connectivity index (χ0) is 7.66. The average molecular weight is 123 g/mol. The fraction of sp³-hybridized carbons (Fsp3) is 0. The van der Waals surface area contributed by atoms with Gasteiger partial charge in [-0.05, 0) is 6.58 Å². The maximum Gasteiger partial charge on any atom is 0.170 e. The Hall–Kier alpha value is -2.11. The van der Waals surface area contributed by atoms with Gasteiger partial charge in [0.15, 0.2) is 29.4 Å². The number of rotatable bonds is 0. The fourth-order valence-corrected chi connectivity index (χ4v) is 0.205. The molecule has 0 bridgehead atoms. The van der Waals surface area contributed by atoms with Crippen LogP contribution in [0, 0.1) is 30.3 Å². The van der Waals surface area contributed by atoms with Gasteiger partial charge in [-0.3, -0.25) is 0 Å². The second kappa shape index (κ2) is 6.89. The van der Waals surface area contributed by atoms with Crippen LogP contribution in [-0.4, -0.2) is 0 Å². The SMILES string of the molecule is C#CC#C[C+]=C=C=C=C=C. The van der Waals surface area contributed by atoms with Gasteiger partial charge in [-0.15, -0.1) is 0 Å². The van der Waals surface area contributed by atoms with Gasteiger partial charge in [-0.25, -0.2) is 0 Å². The minimum atomic E-state index is 2.12. The molecule has 0 aliphatic heterocycles. The molecule has 0 nitrogen and oxygen atoms in total. The van der Waals surface area contributed by atoms with Crippen LogP contribution >= 0.6 is 0 Å². The van der Waals surface area contributed by atoms with E-state index in [1.165, 1.54) is 0 Å². The van der Waals surface area contributed by atoms with Crippen molar-refractivity contribution in [2.45, 2.75) is 0 Å². The molecule has 0 saturated carbocycles. The molecule has 42 valence electrons. The van der Waals surface area contributed by atoms with E-state index in [2.05, 4.69) is 53.3 Å². The molecule has 0 aromatic rings. The zero-order valence-corrected chi connectivity index (χ0v) is 5.28. The molecule has 0 N–H and O–H groups in total. The van der Waals surface area contributed by atoms with Gasteiger partial charge in [0.05, 0.1) is 11.7 Å². The molecule has 10 heavy (non-hydrogen) atoms. The Kier molecular flexibility index (Phi) is 5.44. The van der Waals surface area contributed by atoms with Gasteiger partial charge in [0, 0.05) is 0 Å². The van der Waals surface area contributed by atoms with Crippen LogP contribution in [0.4, 0.5) is 0 Å². The number of hydrogen-bond acceptors (Lipinski definition) is 0. The van der Waals surface area contributed by atoms with Crippen molar-refractivity contribution in [3.63, 3.8) is 0 Å². The number of terminal acetylenes is 1. The van der Waals surface area contributed by atoms with Crippen LogP contribution in [0.3, 0.4) is 0 Å². The summed E-state index contributed by atoms with van der Waals surface area (Å²) in [6.07, 6.45) is 7.25. The van der Waals surface area contributed by atoms with E-state index in [1.807, 2.05) is 0 Å². The molecule has 0 radical (unpaired) electrons. The lowest BCUT2D eigenvalue weighted by Crippen LogP contribution is -1.44. The predicted molar refractivity (Wildman–Crippen MR) is 39.5 cm³/mol. The van der Waals surface area contributed by atoms with Crippen molar-refractivity contribution in [2.75, 3.05) is 0 Å². The van der Waals surface area contributed by atoms with Gasteiger partial charge in [-0.2, -0.15) is 0 Å². The molecule has 0 fully saturated rings. The van der Waals surface area contributed by atoms with Gasteiger partial charge >= 0.3 is 0 Å². The highest BCUT2D eigenvalue weighted by molar-refractivity contribution is 5.24. The van der Waals surface area contributed by atoms with Crippen LogP contribution in [0.5, 0.6) is 0 Å². The first-order chi connectivity index (χ1) is 4.91. The van der Waals surface area contributed by atoms with Crippen molar-refractivity contribution in [1.82, 2.24) is 0 Å². The molecular formula is C10H3+. The summed E-state index contributed by atoms with van der Waals surface area (Å²) in [7, 11) is 0. The highest BCUT2D eigenvalue weighted by Crippen LogP contribution is 1.56. The van der Waals surface area contributed by atoms with Crippen molar-refractivity contribution in [3.05, 3.63) is 35.6 Å². The van der Waals surface area contributed by atoms with Crippen LogP contribution in [0.25, 0.3) is 0 Å². The Labute approximate surface area is 60.6 Å². The summed E-state index contributed by atoms with van der Waals surface area (Å²) in [5.41, 5.74) is 9.65. The standard InChI is InChI=1S/C10H3/c1-3-5-7-9-10-8-6-4-2/h1H,2H2/q+1. The van der Waals surface area contributed by atoms with Crippen molar-refractivity contribution in [1.29, 1.82) is 0 Å². The molecule has 0 atom stereocenters. The largest absolute Gasteiger partial charge is 0.170 e. The molecular weight excluding hydrogens is 120 g/mol. The Balaban J connectivity index is 4.46. The van der Waals surface area contributed by atoms with E-state index in [-0.39, 0.29) is 0 Å².